The third kappa shape index (κ3) is 2.24. The van der Waals surface area contributed by atoms with E-state index in [1.807, 2.05) is 11.0 Å². The molecule has 0 saturated carbocycles. The fourth-order valence-corrected chi connectivity index (χ4v) is 3.55. The Kier molecular flexibility index (Phi) is 3.46. The normalized spacial score (nSPS) is 23.8. The number of hydrogen-bond acceptors (Lipinski definition) is 4. The average molecular weight is 363 g/mol. The van der Waals surface area contributed by atoms with Crippen LogP contribution in [-0.4, -0.2) is 50.9 Å². The summed E-state index contributed by atoms with van der Waals surface area (Å²) in [4.78, 5) is 19.4. The monoisotopic (exact) mass is 362 g/mol. The van der Waals surface area contributed by atoms with Crippen molar-refractivity contribution in [2.45, 2.75) is 24.9 Å². The van der Waals surface area contributed by atoms with Crippen LogP contribution in [0.3, 0.4) is 0 Å². The number of carbonyl (C=O) groups is 1. The van der Waals surface area contributed by atoms with E-state index in [0.29, 0.717) is 24.6 Å². The van der Waals surface area contributed by atoms with Crippen LogP contribution in [0.2, 0.25) is 0 Å². The number of hydrogen-bond donors (Lipinski definition) is 0. The Balaban J connectivity index is 1.72. The number of morpholine rings is 1. The summed E-state index contributed by atoms with van der Waals surface area (Å²) in [5.41, 5.74) is 0.580. The van der Waals surface area contributed by atoms with Gasteiger partial charge in [-0.05, 0) is 40.9 Å². The number of ether oxygens (including phenoxy) is 1. The molecule has 2 fully saturated rings. The molecule has 1 amide bonds. The second-order valence-corrected chi connectivity index (χ2v) is 6.53. The van der Waals surface area contributed by atoms with Gasteiger partial charge in [0, 0.05) is 12.4 Å². The second-order valence-electron chi connectivity index (χ2n) is 5.61. The molecule has 4 heterocycles. The first-order valence-electron chi connectivity index (χ1n) is 7.30. The van der Waals surface area contributed by atoms with Crippen LogP contribution in [0.15, 0.2) is 35.2 Å². The van der Waals surface area contributed by atoms with Gasteiger partial charge >= 0.3 is 0 Å². The van der Waals surface area contributed by atoms with E-state index in [-0.39, 0.29) is 18.0 Å². The van der Waals surface area contributed by atoms with Crippen molar-refractivity contribution in [2.24, 2.45) is 0 Å². The summed E-state index contributed by atoms with van der Waals surface area (Å²) in [6.45, 7) is 1.26. The molecule has 2 aromatic rings. The fraction of sp³-hybridized carbons (Fsp3) is 0.400. The zero-order valence-electron chi connectivity index (χ0n) is 11.9. The minimum absolute atomic E-state index is 0.0190. The van der Waals surface area contributed by atoms with E-state index in [9.17, 15) is 4.79 Å². The Bertz CT molecular complexity index is 701. The largest absolute Gasteiger partial charge is 0.377 e. The number of carbonyl (C=O) groups excluding carboxylic acids is 1. The highest BCUT2D eigenvalue weighted by atomic mass is 79.9. The van der Waals surface area contributed by atoms with E-state index >= 15 is 0 Å². The van der Waals surface area contributed by atoms with Crippen molar-refractivity contribution < 1.29 is 9.53 Å². The molecule has 2 atom stereocenters. The van der Waals surface area contributed by atoms with Gasteiger partial charge in [0.05, 0.1) is 41.5 Å². The number of fused-ring (bicyclic) bond motifs is 2. The summed E-state index contributed by atoms with van der Waals surface area (Å²) in [5.74, 6) is 0.578. The summed E-state index contributed by atoms with van der Waals surface area (Å²) in [6.07, 6.45) is 7.18. The van der Waals surface area contributed by atoms with Crippen LogP contribution in [0.4, 0.5) is 0 Å². The molecule has 2 saturated heterocycles. The van der Waals surface area contributed by atoms with Crippen molar-refractivity contribution in [3.05, 3.63) is 40.8 Å². The van der Waals surface area contributed by atoms with Crippen LogP contribution in [-0.2, 0) is 4.74 Å². The lowest BCUT2D eigenvalue weighted by molar-refractivity contribution is -0.00718. The maximum absolute atomic E-state index is 13.0. The Morgan fingerprint density at radius 2 is 2.09 bits per heavy atom. The molecule has 2 bridgehead atoms. The van der Waals surface area contributed by atoms with Crippen molar-refractivity contribution in [2.75, 3.05) is 13.2 Å². The molecular weight excluding hydrogens is 348 g/mol. The van der Waals surface area contributed by atoms with Crippen molar-refractivity contribution in [1.29, 1.82) is 0 Å². The number of nitrogens with zero attached hydrogens (tertiary/aromatic N) is 4. The summed E-state index contributed by atoms with van der Waals surface area (Å²) in [5, 5.41) is 4.24. The lowest BCUT2D eigenvalue weighted by atomic mass is 10.1. The molecule has 0 N–H and O–H groups in total. The number of halogens is 1. The molecule has 114 valence electrons. The van der Waals surface area contributed by atoms with Crippen LogP contribution in [0, 0.1) is 0 Å². The summed E-state index contributed by atoms with van der Waals surface area (Å²) < 4.78 is 8.03. The molecule has 0 aliphatic carbocycles. The van der Waals surface area contributed by atoms with Crippen molar-refractivity contribution in [3.63, 3.8) is 0 Å². The molecule has 2 aromatic heterocycles. The fourth-order valence-electron chi connectivity index (χ4n) is 3.26. The Hall–Kier alpha value is -1.73. The number of aromatic nitrogens is 3. The van der Waals surface area contributed by atoms with Gasteiger partial charge in [-0.15, -0.1) is 0 Å². The minimum Gasteiger partial charge on any atom is -0.377 e. The summed E-state index contributed by atoms with van der Waals surface area (Å²) in [6, 6.07) is 3.97. The van der Waals surface area contributed by atoms with Gasteiger partial charge in [0.15, 0.2) is 5.82 Å². The highest BCUT2D eigenvalue weighted by Gasteiger charge is 2.41. The molecule has 4 rings (SSSR count). The van der Waals surface area contributed by atoms with Crippen molar-refractivity contribution >= 4 is 21.8 Å². The molecule has 0 aromatic carbocycles. The van der Waals surface area contributed by atoms with Gasteiger partial charge in [0.25, 0.3) is 5.91 Å². The van der Waals surface area contributed by atoms with Crippen LogP contribution in [0.25, 0.3) is 5.82 Å². The van der Waals surface area contributed by atoms with Gasteiger partial charge in [0.2, 0.25) is 0 Å². The molecule has 2 aliphatic rings. The average Bonchev–Trinajstić information content (AvgIpc) is 3.07. The zero-order valence-corrected chi connectivity index (χ0v) is 13.4. The summed E-state index contributed by atoms with van der Waals surface area (Å²) in [7, 11) is 0. The maximum atomic E-state index is 13.0. The maximum Gasteiger partial charge on any atom is 0.258 e. The van der Waals surface area contributed by atoms with Gasteiger partial charge in [-0.2, -0.15) is 5.10 Å². The van der Waals surface area contributed by atoms with Gasteiger partial charge in [-0.3, -0.25) is 4.79 Å². The molecule has 22 heavy (non-hydrogen) atoms. The van der Waals surface area contributed by atoms with E-state index in [0.717, 1.165) is 17.3 Å². The molecule has 2 unspecified atom stereocenters. The molecule has 2 aliphatic heterocycles. The van der Waals surface area contributed by atoms with E-state index in [4.69, 9.17) is 4.74 Å². The van der Waals surface area contributed by atoms with Crippen LogP contribution < -0.4 is 0 Å². The molecule has 0 spiro atoms. The highest BCUT2D eigenvalue weighted by Crippen LogP contribution is 2.31. The lowest BCUT2D eigenvalue weighted by Gasteiger charge is -2.34. The molecule has 6 nitrogen and oxygen atoms in total. The molecule has 7 heteroatoms. The molecule has 0 radical (unpaired) electrons. The predicted octanol–water partition coefficient (Wildman–Crippen LogP) is 2.03. The van der Waals surface area contributed by atoms with E-state index in [2.05, 4.69) is 26.0 Å². The third-order valence-corrected chi connectivity index (χ3v) is 4.67. The minimum atomic E-state index is 0.0190. The zero-order chi connectivity index (χ0) is 15.1. The topological polar surface area (TPSA) is 60.2 Å². The Labute approximate surface area is 136 Å². The van der Waals surface area contributed by atoms with Crippen LogP contribution in [0.5, 0.6) is 0 Å². The third-order valence-electron chi connectivity index (χ3n) is 4.26. The second kappa shape index (κ2) is 5.48. The van der Waals surface area contributed by atoms with Gasteiger partial charge in [-0.1, -0.05) is 0 Å². The first kappa shape index (κ1) is 13.9. The van der Waals surface area contributed by atoms with Gasteiger partial charge in [0.1, 0.15) is 0 Å². The number of rotatable bonds is 2. The Morgan fingerprint density at radius 1 is 1.32 bits per heavy atom. The van der Waals surface area contributed by atoms with Crippen molar-refractivity contribution in [3.8, 4) is 5.82 Å². The summed E-state index contributed by atoms with van der Waals surface area (Å²) >= 11 is 3.37. The number of pyridine rings is 1. The smallest absolute Gasteiger partial charge is 0.258 e. The highest BCUT2D eigenvalue weighted by molar-refractivity contribution is 9.10. The van der Waals surface area contributed by atoms with E-state index in [1.54, 1.807) is 29.3 Å². The standard InChI is InChI=1S/C15H15BrN4O2/c16-10-6-18-19(7-10)14-13(2-1-5-17-14)15(21)20-11-3-4-12(20)9-22-8-11/h1-2,5-7,11-12H,3-4,8-9H2. The quantitative estimate of drug-likeness (QED) is 0.819. The number of amides is 1. The molecular formula is C15H15BrN4O2. The Morgan fingerprint density at radius 3 is 2.77 bits per heavy atom. The SMILES string of the molecule is O=C(c1cccnc1-n1cc(Br)cn1)N1C2CCC1COC2. The van der Waals surface area contributed by atoms with Crippen molar-refractivity contribution in [1.82, 2.24) is 19.7 Å². The first-order valence-corrected chi connectivity index (χ1v) is 8.09. The van der Waals surface area contributed by atoms with Crippen LogP contribution >= 0.6 is 15.9 Å². The van der Waals surface area contributed by atoms with Gasteiger partial charge < -0.3 is 9.64 Å². The predicted molar refractivity (Wildman–Crippen MR) is 82.9 cm³/mol. The van der Waals surface area contributed by atoms with E-state index < -0.39 is 0 Å². The van der Waals surface area contributed by atoms with E-state index in [1.165, 1.54) is 0 Å². The first-order chi connectivity index (χ1) is 10.7. The lowest BCUT2D eigenvalue weighted by Crippen LogP contribution is -2.49. The van der Waals surface area contributed by atoms with Gasteiger partial charge in [-0.25, -0.2) is 9.67 Å². The van der Waals surface area contributed by atoms with Crippen LogP contribution in [0.1, 0.15) is 23.2 Å².